The maximum Gasteiger partial charge on any atom is 0.262 e. The topological polar surface area (TPSA) is 87.2 Å². The lowest BCUT2D eigenvalue weighted by molar-refractivity contribution is 0.100. The van der Waals surface area contributed by atoms with Crippen molar-refractivity contribution in [3.8, 4) is 5.75 Å². The zero-order chi connectivity index (χ0) is 18.7. The molecule has 0 aliphatic heterocycles. The second-order valence-electron chi connectivity index (χ2n) is 6.16. The Morgan fingerprint density at radius 2 is 2.04 bits per heavy atom. The molecule has 2 N–H and O–H groups in total. The Morgan fingerprint density at radius 3 is 2.77 bits per heavy atom. The van der Waals surface area contributed by atoms with E-state index in [2.05, 4.69) is 4.98 Å². The molecule has 2 aromatic heterocycles. The number of nitrogens with two attached hydrogens (primary N) is 1. The predicted octanol–water partition coefficient (Wildman–Crippen LogP) is 3.03. The average Bonchev–Trinajstić information content (AvgIpc) is 2.95. The largest absolute Gasteiger partial charge is 0.493 e. The first-order valence-electron chi connectivity index (χ1n) is 8.46. The molecule has 0 unspecified atom stereocenters. The molecule has 0 saturated carbocycles. The molecule has 0 saturated heterocycles. The summed E-state index contributed by atoms with van der Waals surface area (Å²) in [6.07, 6.45) is 3.16. The van der Waals surface area contributed by atoms with Crippen LogP contribution in [0.1, 0.15) is 33.6 Å². The molecule has 1 aromatic carbocycles. The highest BCUT2D eigenvalue weighted by Crippen LogP contribution is 2.26. The first kappa shape index (κ1) is 18.1. The van der Waals surface area contributed by atoms with Gasteiger partial charge < -0.3 is 10.5 Å². The minimum absolute atomic E-state index is 0.129. The molecule has 1 amide bonds. The molecular weight excluding hydrogens is 350 g/mol. The third kappa shape index (κ3) is 3.62. The van der Waals surface area contributed by atoms with Gasteiger partial charge in [0.2, 0.25) is 0 Å². The highest BCUT2D eigenvalue weighted by molar-refractivity contribution is 7.20. The van der Waals surface area contributed by atoms with Crippen molar-refractivity contribution in [2.75, 3.05) is 6.61 Å². The van der Waals surface area contributed by atoms with Gasteiger partial charge >= 0.3 is 0 Å². The van der Waals surface area contributed by atoms with Crippen molar-refractivity contribution in [2.24, 2.45) is 5.73 Å². The van der Waals surface area contributed by atoms with Gasteiger partial charge in [0.25, 0.3) is 11.5 Å². The summed E-state index contributed by atoms with van der Waals surface area (Å²) in [6, 6.07) is 7.90. The minimum Gasteiger partial charge on any atom is -0.493 e. The summed E-state index contributed by atoms with van der Waals surface area (Å²) in [5.41, 5.74) is 6.96. The van der Waals surface area contributed by atoms with E-state index >= 15 is 0 Å². The van der Waals surface area contributed by atoms with Gasteiger partial charge in [-0.1, -0.05) is 18.2 Å². The van der Waals surface area contributed by atoms with E-state index in [1.807, 2.05) is 31.2 Å². The molecule has 0 spiro atoms. The summed E-state index contributed by atoms with van der Waals surface area (Å²) in [6.45, 7) is 4.90. The Hall–Kier alpha value is -2.67. The molecule has 3 aromatic rings. The van der Waals surface area contributed by atoms with Crippen LogP contribution in [0.2, 0.25) is 0 Å². The predicted molar refractivity (Wildman–Crippen MR) is 103 cm³/mol. The molecule has 0 radical (unpaired) electrons. The lowest BCUT2D eigenvalue weighted by atomic mass is 10.2. The fraction of sp³-hybridized carbons (Fsp3) is 0.316. The van der Waals surface area contributed by atoms with Crippen molar-refractivity contribution >= 4 is 27.5 Å². The Balaban J connectivity index is 1.63. The minimum atomic E-state index is -0.523. The van der Waals surface area contributed by atoms with E-state index in [1.165, 1.54) is 17.7 Å². The van der Waals surface area contributed by atoms with E-state index in [0.29, 0.717) is 33.8 Å². The number of hydrogen-bond donors (Lipinski definition) is 1. The molecule has 0 aliphatic rings. The number of benzene rings is 1. The van der Waals surface area contributed by atoms with E-state index in [4.69, 9.17) is 10.5 Å². The number of unbranched alkanes of at least 4 members (excludes halogenated alkanes) is 1. The summed E-state index contributed by atoms with van der Waals surface area (Å²) in [4.78, 5) is 29.4. The highest BCUT2D eigenvalue weighted by atomic mass is 32.1. The van der Waals surface area contributed by atoms with E-state index < -0.39 is 5.91 Å². The number of amides is 1. The van der Waals surface area contributed by atoms with Gasteiger partial charge in [-0.05, 0) is 43.9 Å². The number of aromatic nitrogens is 2. The molecule has 7 heteroatoms. The van der Waals surface area contributed by atoms with Crippen LogP contribution in [0.5, 0.6) is 5.75 Å². The van der Waals surface area contributed by atoms with Crippen LogP contribution in [0.4, 0.5) is 0 Å². The maximum atomic E-state index is 12.7. The van der Waals surface area contributed by atoms with Crippen LogP contribution in [0.25, 0.3) is 10.2 Å². The number of carbonyl (C=O) groups excluding carboxylic acids is 1. The van der Waals surface area contributed by atoms with Crippen LogP contribution in [-0.2, 0) is 6.54 Å². The normalized spacial score (nSPS) is 11.0. The van der Waals surface area contributed by atoms with Gasteiger partial charge in [-0.2, -0.15) is 0 Å². The second kappa shape index (κ2) is 7.70. The Bertz CT molecular complexity index is 1010. The standard InChI is InChI=1S/C19H21N3O3S/c1-12-7-3-4-8-14(12)25-10-6-5-9-22-11-21-18-15(19(22)24)13(2)16(26-18)17(20)23/h3-4,7-8,11H,5-6,9-10H2,1-2H3,(H2,20,23). The third-order valence-electron chi connectivity index (χ3n) is 4.29. The van der Waals surface area contributed by atoms with Crippen molar-refractivity contribution in [3.63, 3.8) is 0 Å². The van der Waals surface area contributed by atoms with Gasteiger partial charge in [-0.3, -0.25) is 14.2 Å². The molecule has 0 atom stereocenters. The fourth-order valence-electron chi connectivity index (χ4n) is 2.84. The van der Waals surface area contributed by atoms with Gasteiger partial charge in [0, 0.05) is 6.54 Å². The Kier molecular flexibility index (Phi) is 5.37. The number of hydrogen-bond acceptors (Lipinski definition) is 5. The molecular formula is C19H21N3O3S. The number of nitrogens with zero attached hydrogens (tertiary/aromatic N) is 2. The number of carbonyl (C=O) groups is 1. The second-order valence-corrected chi connectivity index (χ2v) is 7.16. The third-order valence-corrected chi connectivity index (χ3v) is 5.50. The summed E-state index contributed by atoms with van der Waals surface area (Å²) in [5.74, 6) is 0.366. The summed E-state index contributed by atoms with van der Waals surface area (Å²) < 4.78 is 7.36. The van der Waals surface area contributed by atoms with Crippen molar-refractivity contribution in [2.45, 2.75) is 33.2 Å². The number of aryl methyl sites for hydroxylation is 3. The first-order valence-corrected chi connectivity index (χ1v) is 9.27. The van der Waals surface area contributed by atoms with Crippen molar-refractivity contribution in [1.82, 2.24) is 9.55 Å². The van der Waals surface area contributed by atoms with Gasteiger partial charge in [-0.15, -0.1) is 11.3 Å². The smallest absolute Gasteiger partial charge is 0.262 e. The molecule has 136 valence electrons. The first-order chi connectivity index (χ1) is 12.5. The van der Waals surface area contributed by atoms with Crippen LogP contribution in [0.3, 0.4) is 0 Å². The zero-order valence-electron chi connectivity index (χ0n) is 14.8. The number of primary amides is 1. The van der Waals surface area contributed by atoms with Crippen molar-refractivity contribution in [3.05, 3.63) is 57.0 Å². The van der Waals surface area contributed by atoms with Crippen molar-refractivity contribution in [1.29, 1.82) is 0 Å². The van der Waals surface area contributed by atoms with Crippen LogP contribution in [0, 0.1) is 13.8 Å². The number of rotatable bonds is 7. The Labute approximate surface area is 155 Å². The highest BCUT2D eigenvalue weighted by Gasteiger charge is 2.17. The molecule has 3 rings (SSSR count). The number of fused-ring (bicyclic) bond motifs is 1. The van der Waals surface area contributed by atoms with Crippen LogP contribution in [-0.4, -0.2) is 22.1 Å². The van der Waals surface area contributed by atoms with Gasteiger partial charge in [0.15, 0.2) is 0 Å². The van der Waals surface area contributed by atoms with E-state index in [9.17, 15) is 9.59 Å². The van der Waals surface area contributed by atoms with E-state index in [-0.39, 0.29) is 5.56 Å². The Morgan fingerprint density at radius 1 is 1.27 bits per heavy atom. The maximum absolute atomic E-state index is 12.7. The molecule has 0 bridgehead atoms. The lowest BCUT2D eigenvalue weighted by Gasteiger charge is -2.09. The SMILES string of the molecule is Cc1ccccc1OCCCCn1cnc2sc(C(N)=O)c(C)c2c1=O. The fourth-order valence-corrected chi connectivity index (χ4v) is 3.83. The van der Waals surface area contributed by atoms with Crippen LogP contribution >= 0.6 is 11.3 Å². The molecule has 6 nitrogen and oxygen atoms in total. The lowest BCUT2D eigenvalue weighted by Crippen LogP contribution is -2.21. The monoisotopic (exact) mass is 371 g/mol. The molecule has 26 heavy (non-hydrogen) atoms. The summed E-state index contributed by atoms with van der Waals surface area (Å²) >= 11 is 1.17. The molecule has 0 aliphatic carbocycles. The van der Waals surface area contributed by atoms with Gasteiger partial charge in [0.1, 0.15) is 10.6 Å². The quantitative estimate of drug-likeness (QED) is 0.647. The van der Waals surface area contributed by atoms with E-state index in [1.54, 1.807) is 11.5 Å². The zero-order valence-corrected chi connectivity index (χ0v) is 15.6. The summed E-state index contributed by atoms with van der Waals surface area (Å²) in [7, 11) is 0. The van der Waals surface area contributed by atoms with Crippen molar-refractivity contribution < 1.29 is 9.53 Å². The number of para-hydroxylation sites is 1. The summed E-state index contributed by atoms with van der Waals surface area (Å²) in [5, 5.41) is 0.488. The van der Waals surface area contributed by atoms with Gasteiger partial charge in [0.05, 0.1) is 23.2 Å². The number of ether oxygens (including phenoxy) is 1. The van der Waals surface area contributed by atoms with Crippen LogP contribution < -0.4 is 16.0 Å². The molecule has 0 fully saturated rings. The average molecular weight is 371 g/mol. The van der Waals surface area contributed by atoms with Crippen LogP contribution in [0.15, 0.2) is 35.4 Å². The van der Waals surface area contributed by atoms with Gasteiger partial charge in [-0.25, -0.2) is 4.98 Å². The van der Waals surface area contributed by atoms with E-state index in [0.717, 1.165) is 24.2 Å². The number of thiophene rings is 1. The molecule has 2 heterocycles.